The summed E-state index contributed by atoms with van der Waals surface area (Å²) in [6, 6.07) is -0.0814. The van der Waals surface area contributed by atoms with Crippen molar-refractivity contribution in [1.29, 1.82) is 0 Å². The maximum absolute atomic E-state index is 12.7. The van der Waals surface area contributed by atoms with Crippen LogP contribution in [0.5, 0.6) is 0 Å². The van der Waals surface area contributed by atoms with Crippen molar-refractivity contribution in [2.45, 2.75) is 32.7 Å². The summed E-state index contributed by atoms with van der Waals surface area (Å²) < 4.78 is 5.23. The Bertz CT molecular complexity index is 886. The van der Waals surface area contributed by atoms with E-state index in [1.165, 1.54) is 11.3 Å². The lowest BCUT2D eigenvalue weighted by molar-refractivity contribution is 0.0727. The Kier molecular flexibility index (Phi) is 4.04. The summed E-state index contributed by atoms with van der Waals surface area (Å²) in [6.45, 7) is 4.45. The molecular formula is C17H17N5O2S. The van der Waals surface area contributed by atoms with Gasteiger partial charge in [-0.15, -0.1) is 11.3 Å². The van der Waals surface area contributed by atoms with Crippen molar-refractivity contribution >= 4 is 17.2 Å². The summed E-state index contributed by atoms with van der Waals surface area (Å²) >= 11 is 1.42. The Labute approximate surface area is 148 Å². The second-order valence-electron chi connectivity index (χ2n) is 6.06. The SMILES string of the molecule is Cc1noc(C)c1-c1cncc(C2CCCN2C(=O)c2cscn2)n1. The fourth-order valence-electron chi connectivity index (χ4n) is 3.29. The largest absolute Gasteiger partial charge is 0.361 e. The van der Waals surface area contributed by atoms with E-state index in [2.05, 4.69) is 15.1 Å². The number of aromatic nitrogens is 4. The Balaban J connectivity index is 1.67. The Morgan fingerprint density at radius 2 is 2.24 bits per heavy atom. The van der Waals surface area contributed by atoms with Crippen molar-refractivity contribution in [1.82, 2.24) is 25.0 Å². The van der Waals surface area contributed by atoms with Gasteiger partial charge >= 0.3 is 0 Å². The second kappa shape index (κ2) is 6.36. The molecule has 1 aliphatic heterocycles. The number of carbonyl (C=O) groups excluding carboxylic acids is 1. The van der Waals surface area contributed by atoms with Crippen LogP contribution in [0.4, 0.5) is 0 Å². The van der Waals surface area contributed by atoms with Gasteiger partial charge in [-0.25, -0.2) is 9.97 Å². The van der Waals surface area contributed by atoms with Crippen LogP contribution in [0.25, 0.3) is 11.3 Å². The lowest BCUT2D eigenvalue weighted by Gasteiger charge is -2.23. The molecule has 0 saturated carbocycles. The number of likely N-dealkylation sites (tertiary alicyclic amines) is 1. The first-order chi connectivity index (χ1) is 12.1. The second-order valence-corrected chi connectivity index (χ2v) is 6.78. The molecule has 1 aliphatic rings. The van der Waals surface area contributed by atoms with Crippen molar-refractivity contribution in [3.8, 4) is 11.3 Å². The minimum atomic E-state index is -0.0814. The predicted octanol–water partition coefficient (Wildman–Crippen LogP) is 3.18. The van der Waals surface area contributed by atoms with Crippen molar-refractivity contribution in [2.24, 2.45) is 0 Å². The first-order valence-electron chi connectivity index (χ1n) is 8.09. The van der Waals surface area contributed by atoms with Gasteiger partial charge in [0.25, 0.3) is 5.91 Å². The van der Waals surface area contributed by atoms with Crippen LogP contribution in [-0.4, -0.2) is 37.5 Å². The first kappa shape index (κ1) is 15.9. The molecule has 4 heterocycles. The number of rotatable bonds is 3. The van der Waals surface area contributed by atoms with Gasteiger partial charge < -0.3 is 9.42 Å². The first-order valence-corrected chi connectivity index (χ1v) is 9.04. The smallest absolute Gasteiger partial charge is 0.273 e. The third-order valence-corrected chi connectivity index (χ3v) is 5.04. The van der Waals surface area contributed by atoms with Crippen LogP contribution in [0.1, 0.15) is 46.5 Å². The van der Waals surface area contributed by atoms with Crippen LogP contribution in [0.15, 0.2) is 27.8 Å². The van der Waals surface area contributed by atoms with Crippen LogP contribution < -0.4 is 0 Å². The number of aryl methyl sites for hydroxylation is 2. The molecule has 8 heteroatoms. The standard InChI is InChI=1S/C17H17N5O2S/c1-10-16(11(2)24-21-10)13-7-18-6-12(20-13)15-4-3-5-22(15)17(23)14-8-25-9-19-14/h6-9,15H,3-5H2,1-2H3. The molecule has 3 aromatic rings. The van der Waals surface area contributed by atoms with E-state index in [-0.39, 0.29) is 11.9 Å². The average Bonchev–Trinajstić information content (AvgIpc) is 3.36. The molecule has 1 atom stereocenters. The van der Waals surface area contributed by atoms with E-state index in [9.17, 15) is 4.79 Å². The zero-order valence-corrected chi connectivity index (χ0v) is 14.8. The number of hydrogen-bond acceptors (Lipinski definition) is 7. The van der Waals surface area contributed by atoms with Crippen molar-refractivity contribution in [2.75, 3.05) is 6.54 Å². The highest BCUT2D eigenvalue weighted by atomic mass is 32.1. The van der Waals surface area contributed by atoms with Crippen LogP contribution in [0.2, 0.25) is 0 Å². The van der Waals surface area contributed by atoms with Gasteiger partial charge in [0.2, 0.25) is 0 Å². The molecule has 7 nitrogen and oxygen atoms in total. The molecule has 0 aromatic carbocycles. The molecule has 0 N–H and O–H groups in total. The fraction of sp³-hybridized carbons (Fsp3) is 0.353. The minimum absolute atomic E-state index is 0.0479. The molecule has 1 amide bonds. The zero-order chi connectivity index (χ0) is 17.4. The molecule has 0 aliphatic carbocycles. The summed E-state index contributed by atoms with van der Waals surface area (Å²) in [5, 5.41) is 5.76. The molecule has 0 radical (unpaired) electrons. The van der Waals surface area contributed by atoms with Gasteiger partial charge in [-0.1, -0.05) is 5.16 Å². The molecule has 0 bridgehead atoms. The molecule has 1 saturated heterocycles. The maximum Gasteiger partial charge on any atom is 0.273 e. The van der Waals surface area contributed by atoms with Crippen LogP contribution >= 0.6 is 11.3 Å². The van der Waals surface area contributed by atoms with Crippen molar-refractivity contribution in [3.05, 3.63) is 46.1 Å². The molecule has 0 spiro atoms. The third kappa shape index (κ3) is 2.82. The van der Waals surface area contributed by atoms with Gasteiger partial charge in [0, 0.05) is 11.9 Å². The normalized spacial score (nSPS) is 17.2. The lowest BCUT2D eigenvalue weighted by Crippen LogP contribution is -2.31. The van der Waals surface area contributed by atoms with Gasteiger partial charge in [0.15, 0.2) is 0 Å². The summed E-state index contributed by atoms with van der Waals surface area (Å²) in [7, 11) is 0. The van der Waals surface area contributed by atoms with Gasteiger partial charge in [-0.3, -0.25) is 9.78 Å². The highest BCUT2D eigenvalue weighted by Gasteiger charge is 2.33. The Morgan fingerprint density at radius 1 is 1.36 bits per heavy atom. The summed E-state index contributed by atoms with van der Waals surface area (Å²) in [5.41, 5.74) is 5.33. The summed E-state index contributed by atoms with van der Waals surface area (Å²) in [6.07, 6.45) is 5.25. The van der Waals surface area contributed by atoms with Crippen LogP contribution in [-0.2, 0) is 0 Å². The predicted molar refractivity (Wildman–Crippen MR) is 92.1 cm³/mol. The molecule has 1 unspecified atom stereocenters. The van der Waals surface area contributed by atoms with Gasteiger partial charge in [0.1, 0.15) is 11.5 Å². The van der Waals surface area contributed by atoms with E-state index < -0.39 is 0 Å². The molecule has 3 aromatic heterocycles. The van der Waals surface area contributed by atoms with Crippen LogP contribution in [0, 0.1) is 13.8 Å². The van der Waals surface area contributed by atoms with Crippen molar-refractivity contribution < 1.29 is 9.32 Å². The molecular weight excluding hydrogens is 338 g/mol. The number of nitrogens with zero attached hydrogens (tertiary/aromatic N) is 5. The van der Waals surface area contributed by atoms with Gasteiger partial charge in [0.05, 0.1) is 46.6 Å². The lowest BCUT2D eigenvalue weighted by atomic mass is 10.1. The fourth-order valence-corrected chi connectivity index (χ4v) is 3.82. The number of thiazole rings is 1. The summed E-state index contributed by atoms with van der Waals surface area (Å²) in [4.78, 5) is 27.8. The van der Waals surface area contributed by atoms with E-state index in [4.69, 9.17) is 9.51 Å². The monoisotopic (exact) mass is 355 g/mol. The average molecular weight is 355 g/mol. The highest BCUT2D eigenvalue weighted by molar-refractivity contribution is 7.07. The topological polar surface area (TPSA) is 85.0 Å². The zero-order valence-electron chi connectivity index (χ0n) is 14.0. The van der Waals surface area contributed by atoms with Gasteiger partial charge in [-0.05, 0) is 26.7 Å². The quantitative estimate of drug-likeness (QED) is 0.717. The van der Waals surface area contributed by atoms with E-state index >= 15 is 0 Å². The minimum Gasteiger partial charge on any atom is -0.361 e. The van der Waals surface area contributed by atoms with E-state index in [0.29, 0.717) is 18.0 Å². The van der Waals surface area contributed by atoms with E-state index in [0.717, 1.165) is 35.5 Å². The summed E-state index contributed by atoms with van der Waals surface area (Å²) in [5.74, 6) is 0.666. The maximum atomic E-state index is 12.7. The Morgan fingerprint density at radius 3 is 2.96 bits per heavy atom. The van der Waals surface area contributed by atoms with Crippen molar-refractivity contribution in [3.63, 3.8) is 0 Å². The Hall–Kier alpha value is -2.61. The molecule has 128 valence electrons. The van der Waals surface area contributed by atoms with E-state index in [1.54, 1.807) is 23.3 Å². The van der Waals surface area contributed by atoms with Crippen LogP contribution in [0.3, 0.4) is 0 Å². The third-order valence-electron chi connectivity index (χ3n) is 4.45. The molecule has 1 fully saturated rings. The highest BCUT2D eigenvalue weighted by Crippen LogP contribution is 2.33. The molecule has 25 heavy (non-hydrogen) atoms. The molecule has 4 rings (SSSR count). The van der Waals surface area contributed by atoms with Gasteiger partial charge in [-0.2, -0.15) is 0 Å². The van der Waals surface area contributed by atoms with E-state index in [1.807, 2.05) is 18.7 Å². The number of hydrogen-bond donors (Lipinski definition) is 0. The number of carbonyl (C=O) groups is 1. The number of amides is 1.